The molecule has 1 unspecified atom stereocenters. The maximum atomic E-state index is 12.9. The van der Waals surface area contributed by atoms with Crippen molar-refractivity contribution >= 4 is 17.7 Å². The van der Waals surface area contributed by atoms with Crippen molar-refractivity contribution in [3.8, 4) is 22.4 Å². The van der Waals surface area contributed by atoms with Gasteiger partial charge in [0, 0.05) is 11.8 Å². The molecule has 0 aliphatic carbocycles. The van der Waals surface area contributed by atoms with Crippen LogP contribution in [0.5, 0.6) is 0 Å². The zero-order chi connectivity index (χ0) is 24.6. The fourth-order valence-corrected chi connectivity index (χ4v) is 7.51. The molecule has 3 rings (SSSR count). The van der Waals surface area contributed by atoms with Gasteiger partial charge in [0.2, 0.25) is 0 Å². The third kappa shape index (κ3) is 6.84. The summed E-state index contributed by atoms with van der Waals surface area (Å²) in [5.74, 6) is 0. The van der Waals surface area contributed by atoms with E-state index in [-0.39, 0.29) is 19.6 Å². The molecule has 2 aromatic carbocycles. The van der Waals surface area contributed by atoms with Gasteiger partial charge in [-0.2, -0.15) is 8.42 Å². The highest BCUT2D eigenvalue weighted by Crippen LogP contribution is 2.56. The Morgan fingerprint density at radius 2 is 1.44 bits per heavy atom. The highest BCUT2D eigenvalue weighted by Gasteiger charge is 2.44. The number of pyridine rings is 1. The van der Waals surface area contributed by atoms with E-state index in [1.54, 1.807) is 20.0 Å². The van der Waals surface area contributed by atoms with Crippen molar-refractivity contribution in [3.63, 3.8) is 0 Å². The second-order valence-electron chi connectivity index (χ2n) is 7.73. The lowest BCUT2D eigenvalue weighted by Gasteiger charge is -2.24. The Kier molecular flexibility index (Phi) is 9.17. The minimum absolute atomic E-state index is 0.0214. The molecule has 1 atom stereocenters. The molecule has 1 heterocycles. The van der Waals surface area contributed by atoms with Gasteiger partial charge in [0.25, 0.3) is 10.1 Å². The molecule has 0 saturated heterocycles. The van der Waals surface area contributed by atoms with Crippen molar-refractivity contribution in [2.24, 2.45) is 0 Å². The number of aromatic nitrogens is 1. The number of benzene rings is 2. The molecule has 0 aliphatic heterocycles. The van der Waals surface area contributed by atoms with Crippen LogP contribution in [0.3, 0.4) is 0 Å². The summed E-state index contributed by atoms with van der Waals surface area (Å²) in [7, 11) is -8.59. The summed E-state index contributed by atoms with van der Waals surface area (Å²) >= 11 is 0. The van der Waals surface area contributed by atoms with E-state index in [4.69, 9.17) is 9.05 Å². The smallest absolute Gasteiger partial charge is 0.308 e. The van der Waals surface area contributed by atoms with Crippen molar-refractivity contribution in [3.05, 3.63) is 78.5 Å². The van der Waals surface area contributed by atoms with Crippen LogP contribution in [0.1, 0.15) is 32.3 Å². The largest absolute Gasteiger partial charge is 0.351 e. The molecule has 9 heteroatoms. The molecule has 34 heavy (non-hydrogen) atoms. The monoisotopic (exact) mass is 503 g/mol. The number of aryl methyl sites for hydroxylation is 1. The standard InChI is InChI=1S/C25H30NO6PS/c1-3-31-33(27,32-4-2)25(34(28,29)30)10-7-8-20-11-13-21(14-12-20)22-15-17-23(18-16-22)24-9-5-6-19-26-24/h5-6,9,11-19,25H,3-4,7-8,10H2,1-2H3,(H,28,29,30). The molecular formula is C25H30NO6PS. The average molecular weight is 504 g/mol. The zero-order valence-electron chi connectivity index (χ0n) is 19.3. The van der Waals surface area contributed by atoms with Crippen LogP contribution in [0.25, 0.3) is 22.4 Å². The summed E-state index contributed by atoms with van der Waals surface area (Å²) in [6, 6.07) is 22.0. The van der Waals surface area contributed by atoms with Crippen LogP contribution in [0.4, 0.5) is 0 Å². The Bertz CT molecular complexity index is 1190. The van der Waals surface area contributed by atoms with Crippen LogP contribution in [0.15, 0.2) is 72.9 Å². The fraction of sp³-hybridized carbons (Fsp3) is 0.320. The quantitative estimate of drug-likeness (QED) is 0.231. The predicted molar refractivity (Wildman–Crippen MR) is 134 cm³/mol. The molecule has 7 nitrogen and oxygen atoms in total. The zero-order valence-corrected chi connectivity index (χ0v) is 21.0. The summed E-state index contributed by atoms with van der Waals surface area (Å²) < 4.78 is 56.7. The van der Waals surface area contributed by atoms with Crippen molar-refractivity contribution in [2.45, 2.75) is 38.1 Å². The van der Waals surface area contributed by atoms with E-state index in [9.17, 15) is 17.5 Å². The summed E-state index contributed by atoms with van der Waals surface area (Å²) in [6.45, 7) is 3.24. The molecule has 1 aromatic heterocycles. The van der Waals surface area contributed by atoms with E-state index >= 15 is 0 Å². The lowest BCUT2D eigenvalue weighted by atomic mass is 10.00. The van der Waals surface area contributed by atoms with E-state index in [0.717, 1.165) is 27.9 Å². The Hall–Kier alpha value is -2.35. The molecule has 0 saturated carbocycles. The minimum Gasteiger partial charge on any atom is -0.308 e. The lowest BCUT2D eigenvalue weighted by molar-refractivity contribution is 0.215. The van der Waals surface area contributed by atoms with Gasteiger partial charge in [0.1, 0.15) is 0 Å². The Labute approximate surface area is 201 Å². The van der Waals surface area contributed by atoms with E-state index in [1.807, 2.05) is 54.6 Å². The molecule has 0 amide bonds. The fourth-order valence-electron chi connectivity index (χ4n) is 3.75. The Morgan fingerprint density at radius 1 is 0.882 bits per heavy atom. The normalized spacial score (nSPS) is 13.0. The van der Waals surface area contributed by atoms with Crippen LogP contribution < -0.4 is 0 Å². The Balaban J connectivity index is 1.64. The topological polar surface area (TPSA) is 103 Å². The van der Waals surface area contributed by atoms with Crippen LogP contribution in [-0.2, 0) is 30.2 Å². The molecule has 0 fully saturated rings. The van der Waals surface area contributed by atoms with Gasteiger partial charge in [-0.25, -0.2) is 0 Å². The number of rotatable bonds is 12. The van der Waals surface area contributed by atoms with Crippen LogP contribution in [0, 0.1) is 0 Å². The molecule has 0 radical (unpaired) electrons. The first kappa shape index (κ1) is 26.3. The molecule has 3 aromatic rings. The summed E-state index contributed by atoms with van der Waals surface area (Å²) in [6.07, 6.45) is 2.69. The van der Waals surface area contributed by atoms with Gasteiger partial charge in [0.05, 0.1) is 18.9 Å². The van der Waals surface area contributed by atoms with Gasteiger partial charge < -0.3 is 9.05 Å². The second kappa shape index (κ2) is 11.9. The molecule has 0 aliphatic rings. The number of hydrogen-bond donors (Lipinski definition) is 1. The van der Waals surface area contributed by atoms with Gasteiger partial charge in [-0.3, -0.25) is 14.1 Å². The SMILES string of the molecule is CCOP(=O)(OCC)C(CCCc1ccc(-c2ccc(-c3ccccn3)cc2)cc1)S(=O)(=O)O. The molecule has 1 N–H and O–H groups in total. The first-order chi connectivity index (χ1) is 16.3. The summed E-state index contributed by atoms with van der Waals surface area (Å²) in [5.41, 5.74) is 5.11. The second-order valence-corrected chi connectivity index (χ2v) is 11.9. The van der Waals surface area contributed by atoms with E-state index in [2.05, 4.69) is 17.1 Å². The van der Waals surface area contributed by atoms with Crippen LogP contribution >= 0.6 is 7.60 Å². The third-order valence-electron chi connectivity index (χ3n) is 5.36. The first-order valence-electron chi connectivity index (χ1n) is 11.2. The van der Waals surface area contributed by atoms with Gasteiger partial charge in [-0.15, -0.1) is 0 Å². The summed E-state index contributed by atoms with van der Waals surface area (Å²) in [5, 5.41) is 0. The number of nitrogens with zero attached hydrogens (tertiary/aromatic N) is 1. The third-order valence-corrected chi connectivity index (χ3v) is 10.1. The van der Waals surface area contributed by atoms with Crippen LogP contribution in [0.2, 0.25) is 0 Å². The van der Waals surface area contributed by atoms with Crippen molar-refractivity contribution in [2.75, 3.05) is 13.2 Å². The average Bonchev–Trinajstić information content (AvgIpc) is 2.82. The molecular weight excluding hydrogens is 473 g/mol. The minimum atomic E-state index is -4.61. The summed E-state index contributed by atoms with van der Waals surface area (Å²) in [4.78, 5) is 2.77. The van der Waals surface area contributed by atoms with Gasteiger partial charge in [-0.05, 0) is 61.9 Å². The van der Waals surface area contributed by atoms with Gasteiger partial charge in [0.15, 0.2) is 4.99 Å². The van der Waals surface area contributed by atoms with Crippen molar-refractivity contribution < 1.29 is 26.6 Å². The highest BCUT2D eigenvalue weighted by atomic mass is 32.2. The van der Waals surface area contributed by atoms with Crippen molar-refractivity contribution in [1.82, 2.24) is 4.98 Å². The predicted octanol–water partition coefficient (Wildman–Crippen LogP) is 6.22. The van der Waals surface area contributed by atoms with E-state index in [1.165, 1.54) is 0 Å². The molecule has 0 bridgehead atoms. The van der Waals surface area contributed by atoms with E-state index in [0.29, 0.717) is 12.8 Å². The maximum Gasteiger partial charge on any atom is 0.351 e. The maximum absolute atomic E-state index is 12.9. The number of hydrogen-bond acceptors (Lipinski definition) is 6. The first-order valence-corrected chi connectivity index (χ1v) is 14.3. The molecule has 0 spiro atoms. The van der Waals surface area contributed by atoms with Crippen LogP contribution in [-0.4, -0.2) is 36.2 Å². The van der Waals surface area contributed by atoms with E-state index < -0.39 is 22.7 Å². The van der Waals surface area contributed by atoms with Gasteiger partial charge >= 0.3 is 7.60 Å². The highest BCUT2D eigenvalue weighted by molar-refractivity contribution is 7.94. The lowest BCUT2D eigenvalue weighted by Crippen LogP contribution is -2.23. The molecule has 182 valence electrons. The van der Waals surface area contributed by atoms with Crippen molar-refractivity contribution in [1.29, 1.82) is 0 Å². The van der Waals surface area contributed by atoms with Gasteiger partial charge in [-0.1, -0.05) is 54.6 Å². The Morgan fingerprint density at radius 3 is 1.94 bits per heavy atom.